The number of piperidine rings is 1. The maximum Gasteiger partial charge on any atom is 0.407 e. The number of amides is 2. The molecule has 2 fully saturated rings. The molecule has 0 radical (unpaired) electrons. The van der Waals surface area contributed by atoms with E-state index in [0.29, 0.717) is 38.3 Å². The number of primary amides is 1. The Morgan fingerprint density at radius 2 is 1.97 bits per heavy atom. The lowest BCUT2D eigenvalue weighted by atomic mass is 9.85. The Morgan fingerprint density at radius 3 is 2.60 bits per heavy atom. The lowest BCUT2D eigenvalue weighted by molar-refractivity contribution is 0.0212. The van der Waals surface area contributed by atoms with Crippen molar-refractivity contribution >= 4 is 23.5 Å². The fourth-order valence-electron chi connectivity index (χ4n) is 4.76. The number of aromatic nitrogens is 2. The topological polar surface area (TPSA) is 150 Å². The van der Waals surface area contributed by atoms with Gasteiger partial charge in [-0.05, 0) is 37.1 Å². The molecular formula is C23H28FN7O4. The Morgan fingerprint density at radius 1 is 1.26 bits per heavy atom. The standard InChI is InChI=1S/C23H28FN7O4/c24-16-1-3-17(4-2-16)27-22-18(21(26)32)14-31(28-22)20-15(13-25)5-8-30(23(33)34)19(20)6-7-29-9-11-35-12-10-29/h1-4,14-15,19-20H,5-12H2,(H2,26,32)(H,27,28)(H,33,34)/t15-,19?,20-/m0/s1. The summed E-state index contributed by atoms with van der Waals surface area (Å²) in [6.07, 6.45) is 1.22. The summed E-state index contributed by atoms with van der Waals surface area (Å²) in [6.45, 7) is 3.63. The Hall–Kier alpha value is -3.69. The Labute approximate surface area is 201 Å². The van der Waals surface area contributed by atoms with Crippen LogP contribution in [0.25, 0.3) is 0 Å². The maximum absolute atomic E-state index is 13.3. The van der Waals surface area contributed by atoms with Crippen LogP contribution in [0.1, 0.15) is 29.2 Å². The summed E-state index contributed by atoms with van der Waals surface area (Å²) in [4.78, 5) is 27.8. The van der Waals surface area contributed by atoms with Crippen LogP contribution in [0.4, 0.5) is 20.7 Å². The van der Waals surface area contributed by atoms with Gasteiger partial charge in [0.15, 0.2) is 5.82 Å². The summed E-state index contributed by atoms with van der Waals surface area (Å²) >= 11 is 0. The molecule has 35 heavy (non-hydrogen) atoms. The molecule has 4 rings (SSSR count). The smallest absolute Gasteiger partial charge is 0.407 e. The molecular weight excluding hydrogens is 457 g/mol. The van der Waals surface area contributed by atoms with Crippen molar-refractivity contribution in [2.24, 2.45) is 11.7 Å². The van der Waals surface area contributed by atoms with Crippen LogP contribution >= 0.6 is 0 Å². The molecule has 1 unspecified atom stereocenters. The van der Waals surface area contributed by atoms with Gasteiger partial charge in [-0.25, -0.2) is 9.18 Å². The number of carbonyl (C=O) groups is 2. The van der Waals surface area contributed by atoms with Crippen LogP contribution in [0.2, 0.25) is 0 Å². The van der Waals surface area contributed by atoms with Crippen LogP contribution in [0, 0.1) is 23.1 Å². The van der Waals surface area contributed by atoms with Crippen molar-refractivity contribution in [1.82, 2.24) is 19.6 Å². The summed E-state index contributed by atoms with van der Waals surface area (Å²) < 4.78 is 20.2. The quantitative estimate of drug-likeness (QED) is 0.539. The van der Waals surface area contributed by atoms with Crippen LogP contribution in [0.3, 0.4) is 0 Å². The number of morpholine rings is 1. The van der Waals surface area contributed by atoms with Crippen LogP contribution in [-0.2, 0) is 4.74 Å². The van der Waals surface area contributed by atoms with Gasteiger partial charge < -0.3 is 25.8 Å². The molecule has 1 aromatic carbocycles. The molecule has 1 aromatic heterocycles. The molecule has 2 amide bonds. The number of ether oxygens (including phenoxy) is 1. The van der Waals surface area contributed by atoms with Gasteiger partial charge in [-0.15, -0.1) is 0 Å². The summed E-state index contributed by atoms with van der Waals surface area (Å²) in [5.74, 6) is -1.50. The van der Waals surface area contributed by atoms with Gasteiger partial charge >= 0.3 is 6.09 Å². The van der Waals surface area contributed by atoms with Gasteiger partial charge in [0.25, 0.3) is 5.91 Å². The predicted octanol–water partition coefficient (Wildman–Crippen LogP) is 2.02. The number of nitrogens with zero attached hydrogens (tertiary/aromatic N) is 5. The fourth-order valence-corrected chi connectivity index (χ4v) is 4.76. The van der Waals surface area contributed by atoms with E-state index in [4.69, 9.17) is 10.5 Å². The first-order valence-electron chi connectivity index (χ1n) is 11.5. The molecule has 2 aromatic rings. The number of rotatable bonds is 7. The second kappa shape index (κ2) is 10.7. The predicted molar refractivity (Wildman–Crippen MR) is 124 cm³/mol. The van der Waals surface area contributed by atoms with Crippen molar-refractivity contribution in [3.05, 3.63) is 41.8 Å². The highest BCUT2D eigenvalue weighted by molar-refractivity contribution is 5.98. The monoisotopic (exact) mass is 485 g/mol. The number of nitrogens with one attached hydrogen (secondary N) is 1. The van der Waals surface area contributed by atoms with E-state index in [2.05, 4.69) is 21.4 Å². The minimum absolute atomic E-state index is 0.0883. The first-order chi connectivity index (χ1) is 16.9. The van der Waals surface area contributed by atoms with Crippen molar-refractivity contribution in [3.63, 3.8) is 0 Å². The lowest BCUT2D eigenvalue weighted by Crippen LogP contribution is -2.53. The van der Waals surface area contributed by atoms with Crippen molar-refractivity contribution in [2.45, 2.75) is 24.9 Å². The number of anilines is 2. The lowest BCUT2D eigenvalue weighted by Gasteiger charge is -2.43. The van der Waals surface area contributed by atoms with E-state index in [1.54, 1.807) is 0 Å². The van der Waals surface area contributed by atoms with E-state index in [0.717, 1.165) is 13.1 Å². The zero-order valence-corrected chi connectivity index (χ0v) is 19.1. The number of hydrogen-bond donors (Lipinski definition) is 3. The molecule has 12 heteroatoms. The number of carbonyl (C=O) groups excluding carboxylic acids is 1. The van der Waals surface area contributed by atoms with Crippen LogP contribution in [0.15, 0.2) is 30.5 Å². The molecule has 0 spiro atoms. The van der Waals surface area contributed by atoms with Crippen molar-refractivity contribution in [1.29, 1.82) is 5.26 Å². The molecule has 0 bridgehead atoms. The molecule has 2 aliphatic rings. The summed E-state index contributed by atoms with van der Waals surface area (Å²) in [5, 5.41) is 27.3. The Balaban J connectivity index is 1.66. The number of nitriles is 1. The number of nitrogens with two attached hydrogens (primary N) is 1. The number of halogens is 1. The van der Waals surface area contributed by atoms with E-state index in [1.807, 2.05) is 0 Å². The largest absolute Gasteiger partial charge is 0.465 e. The number of likely N-dealkylation sites (tertiary alicyclic amines) is 1. The highest BCUT2D eigenvalue weighted by atomic mass is 19.1. The van der Waals surface area contributed by atoms with Gasteiger partial charge in [0.05, 0.1) is 37.3 Å². The fraction of sp³-hybridized carbons (Fsp3) is 0.478. The maximum atomic E-state index is 13.3. The van der Waals surface area contributed by atoms with Gasteiger partial charge in [-0.2, -0.15) is 10.4 Å². The molecule has 0 aliphatic carbocycles. The van der Waals surface area contributed by atoms with E-state index >= 15 is 0 Å². The van der Waals surface area contributed by atoms with Gasteiger partial charge in [-0.1, -0.05) is 0 Å². The van der Waals surface area contributed by atoms with Gasteiger partial charge in [0.2, 0.25) is 0 Å². The highest BCUT2D eigenvalue weighted by Gasteiger charge is 2.42. The van der Waals surface area contributed by atoms with Gasteiger partial charge in [0, 0.05) is 38.1 Å². The Bertz CT molecular complexity index is 1090. The first kappa shape index (κ1) is 24.4. The zero-order chi connectivity index (χ0) is 24.9. The average Bonchev–Trinajstić information content (AvgIpc) is 3.27. The number of carboxylic acid groups (broad SMARTS) is 1. The highest BCUT2D eigenvalue weighted by Crippen LogP contribution is 2.36. The molecule has 0 saturated carbocycles. The molecule has 3 atom stereocenters. The first-order valence-corrected chi connectivity index (χ1v) is 11.5. The zero-order valence-electron chi connectivity index (χ0n) is 19.1. The third-order valence-corrected chi connectivity index (χ3v) is 6.55. The minimum Gasteiger partial charge on any atom is -0.465 e. The van der Waals surface area contributed by atoms with E-state index in [1.165, 1.54) is 40.0 Å². The van der Waals surface area contributed by atoms with E-state index < -0.39 is 35.8 Å². The molecule has 2 saturated heterocycles. The number of benzene rings is 1. The second-order valence-electron chi connectivity index (χ2n) is 8.67. The third kappa shape index (κ3) is 5.52. The van der Waals surface area contributed by atoms with Crippen molar-refractivity contribution < 1.29 is 23.8 Å². The van der Waals surface area contributed by atoms with Crippen LogP contribution in [-0.4, -0.2) is 82.1 Å². The normalized spacial score (nSPS) is 23.0. The summed E-state index contributed by atoms with van der Waals surface area (Å²) in [6, 6.07) is 6.67. The molecule has 2 aliphatic heterocycles. The van der Waals surface area contributed by atoms with E-state index in [9.17, 15) is 24.3 Å². The third-order valence-electron chi connectivity index (χ3n) is 6.55. The SMILES string of the molecule is N#C[C@@H]1CCN(C(=O)O)C(CCN2CCOCC2)[C@H]1n1cc(C(N)=O)c(Nc2ccc(F)cc2)n1. The van der Waals surface area contributed by atoms with E-state index in [-0.39, 0.29) is 17.9 Å². The molecule has 186 valence electrons. The van der Waals surface area contributed by atoms with Crippen molar-refractivity contribution in [3.8, 4) is 6.07 Å². The van der Waals surface area contributed by atoms with Crippen LogP contribution in [0.5, 0.6) is 0 Å². The molecule has 4 N–H and O–H groups in total. The van der Waals surface area contributed by atoms with Crippen molar-refractivity contribution in [2.75, 3.05) is 44.7 Å². The summed E-state index contributed by atoms with van der Waals surface area (Å²) in [7, 11) is 0. The average molecular weight is 486 g/mol. The Kier molecular flexibility index (Phi) is 7.48. The minimum atomic E-state index is -1.06. The van der Waals surface area contributed by atoms with Gasteiger partial charge in [0.1, 0.15) is 11.4 Å². The van der Waals surface area contributed by atoms with Gasteiger partial charge in [-0.3, -0.25) is 14.4 Å². The molecule has 11 nitrogen and oxygen atoms in total. The second-order valence-corrected chi connectivity index (χ2v) is 8.67. The summed E-state index contributed by atoms with van der Waals surface area (Å²) in [5.41, 5.74) is 6.17. The number of hydrogen-bond acceptors (Lipinski definition) is 7. The van der Waals surface area contributed by atoms with Crippen LogP contribution < -0.4 is 11.1 Å². The molecule has 3 heterocycles.